The monoisotopic (exact) mass is 330 g/mol. The molecule has 1 aromatic carbocycles. The van der Waals surface area contributed by atoms with Gasteiger partial charge in [0.2, 0.25) is 5.88 Å². The minimum Gasteiger partial charge on any atom is -0.492 e. The summed E-state index contributed by atoms with van der Waals surface area (Å²) in [5.74, 6) is -0.159. The van der Waals surface area contributed by atoms with Gasteiger partial charge in [0.1, 0.15) is 11.5 Å². The fraction of sp³-hybridized carbons (Fsp3) is 0.235. The van der Waals surface area contributed by atoms with Crippen molar-refractivity contribution < 1.29 is 15.0 Å². The number of para-hydroxylation sites is 1. The molecule has 0 aliphatic carbocycles. The van der Waals surface area contributed by atoms with E-state index in [9.17, 15) is 9.50 Å². The van der Waals surface area contributed by atoms with E-state index in [0.29, 0.717) is 23.5 Å². The Morgan fingerprint density at radius 2 is 2.04 bits per heavy atom. The van der Waals surface area contributed by atoms with E-state index in [0.717, 1.165) is 11.3 Å². The number of pyridine rings is 1. The minimum atomic E-state index is -0.309. The van der Waals surface area contributed by atoms with Crippen molar-refractivity contribution >= 4 is 11.4 Å². The van der Waals surface area contributed by atoms with Crippen molar-refractivity contribution in [1.82, 2.24) is 10.5 Å². The molecule has 126 valence electrons. The zero-order chi connectivity index (χ0) is 16.1. The van der Waals surface area contributed by atoms with E-state index < -0.39 is 0 Å². The number of rotatable bonds is 1. The molecule has 2 aliphatic rings. The SMILES string of the molecule is Cc1ccc(N2NN3C(=C2O)C(C)Cc2cccc(F)c23)cn1.O. The first-order valence-corrected chi connectivity index (χ1v) is 7.56. The molecule has 1 aromatic heterocycles. The summed E-state index contributed by atoms with van der Waals surface area (Å²) >= 11 is 0. The van der Waals surface area contributed by atoms with Crippen LogP contribution in [0, 0.1) is 18.7 Å². The summed E-state index contributed by atoms with van der Waals surface area (Å²) in [6, 6.07) is 8.79. The maximum Gasteiger partial charge on any atom is 0.230 e. The maximum absolute atomic E-state index is 14.3. The normalized spacial score (nSPS) is 19.0. The average Bonchev–Trinajstić information content (AvgIpc) is 2.86. The predicted molar refractivity (Wildman–Crippen MR) is 89.6 cm³/mol. The third-order valence-corrected chi connectivity index (χ3v) is 4.32. The smallest absolute Gasteiger partial charge is 0.230 e. The standard InChI is InChI=1S/C17H17FN4O.H2O/c1-10-8-12-4-3-5-14(18)16(12)22-15(10)17(23)21(20-22)13-7-6-11(2)19-9-13;/h3-7,9-10,20,23H,8H2,1-2H3;1H2. The van der Waals surface area contributed by atoms with Crippen LogP contribution in [0.3, 0.4) is 0 Å². The van der Waals surface area contributed by atoms with Crippen molar-refractivity contribution in [3.63, 3.8) is 0 Å². The lowest BCUT2D eigenvalue weighted by molar-refractivity contribution is 0.382. The molecule has 4 rings (SSSR count). The molecule has 1 unspecified atom stereocenters. The Labute approximate surface area is 139 Å². The molecule has 0 amide bonds. The van der Waals surface area contributed by atoms with Gasteiger partial charge in [0.25, 0.3) is 0 Å². The Morgan fingerprint density at radius 3 is 2.75 bits per heavy atom. The van der Waals surface area contributed by atoms with E-state index in [1.165, 1.54) is 11.1 Å². The van der Waals surface area contributed by atoms with Gasteiger partial charge in [-0.2, -0.15) is 0 Å². The maximum atomic E-state index is 14.3. The second-order valence-corrected chi connectivity index (χ2v) is 5.99. The van der Waals surface area contributed by atoms with Crippen molar-refractivity contribution in [3.05, 3.63) is 65.2 Å². The number of fused-ring (bicyclic) bond motifs is 3. The summed E-state index contributed by atoms with van der Waals surface area (Å²) in [5, 5.41) is 13.8. The summed E-state index contributed by atoms with van der Waals surface area (Å²) < 4.78 is 14.3. The van der Waals surface area contributed by atoms with Gasteiger partial charge in [-0.15, -0.1) is 5.53 Å². The summed E-state index contributed by atoms with van der Waals surface area (Å²) in [4.78, 5) is 4.25. The molecule has 0 spiro atoms. The van der Waals surface area contributed by atoms with E-state index >= 15 is 0 Å². The number of benzene rings is 1. The lowest BCUT2D eigenvalue weighted by Gasteiger charge is -2.32. The highest BCUT2D eigenvalue weighted by Crippen LogP contribution is 2.41. The third kappa shape index (κ3) is 2.29. The molecule has 24 heavy (non-hydrogen) atoms. The molecule has 7 heteroatoms. The van der Waals surface area contributed by atoms with Gasteiger partial charge in [-0.3, -0.25) is 9.99 Å². The predicted octanol–water partition coefficient (Wildman–Crippen LogP) is 2.37. The van der Waals surface area contributed by atoms with Crippen molar-refractivity contribution in [3.8, 4) is 0 Å². The molecular formula is C17H19FN4O2. The first-order chi connectivity index (χ1) is 11.1. The Hall–Kier alpha value is -2.64. The number of nitrogens with zero attached hydrogens (tertiary/aromatic N) is 3. The number of aromatic nitrogens is 1. The van der Waals surface area contributed by atoms with Crippen molar-refractivity contribution in [2.45, 2.75) is 20.3 Å². The number of hydrogen-bond acceptors (Lipinski definition) is 5. The van der Waals surface area contributed by atoms with Gasteiger partial charge in [-0.05, 0) is 37.1 Å². The van der Waals surface area contributed by atoms with Gasteiger partial charge in [0.05, 0.1) is 17.6 Å². The van der Waals surface area contributed by atoms with Crippen molar-refractivity contribution in [2.24, 2.45) is 5.92 Å². The quantitative estimate of drug-likeness (QED) is 0.839. The van der Waals surface area contributed by atoms with Gasteiger partial charge in [-0.25, -0.2) is 9.40 Å². The van der Waals surface area contributed by atoms with Crippen LogP contribution in [-0.2, 0) is 6.42 Å². The number of halogens is 1. The molecule has 0 radical (unpaired) electrons. The number of allylic oxidation sites excluding steroid dienone is 1. The highest BCUT2D eigenvalue weighted by molar-refractivity contribution is 5.66. The number of anilines is 2. The van der Waals surface area contributed by atoms with Gasteiger partial charge in [-0.1, -0.05) is 19.1 Å². The van der Waals surface area contributed by atoms with Crippen LogP contribution in [0.5, 0.6) is 0 Å². The van der Waals surface area contributed by atoms with Crippen LogP contribution >= 0.6 is 0 Å². The molecule has 2 aliphatic heterocycles. The summed E-state index contributed by atoms with van der Waals surface area (Å²) in [6.45, 7) is 3.92. The molecule has 3 heterocycles. The van der Waals surface area contributed by atoms with E-state index in [2.05, 4.69) is 10.5 Å². The Bertz CT molecular complexity index is 807. The molecular weight excluding hydrogens is 311 g/mol. The summed E-state index contributed by atoms with van der Waals surface area (Å²) in [5.41, 5.74) is 6.71. The fourth-order valence-electron chi connectivity index (χ4n) is 3.20. The van der Waals surface area contributed by atoms with Crippen molar-refractivity contribution in [1.29, 1.82) is 0 Å². The summed E-state index contributed by atoms with van der Waals surface area (Å²) in [7, 11) is 0. The number of hydrazine groups is 2. The van der Waals surface area contributed by atoms with E-state index in [-0.39, 0.29) is 23.1 Å². The van der Waals surface area contributed by atoms with E-state index in [1.807, 2.05) is 32.0 Å². The lowest BCUT2D eigenvalue weighted by Crippen LogP contribution is -2.44. The number of nitrogens with one attached hydrogen (secondary N) is 1. The van der Waals surface area contributed by atoms with Crippen LogP contribution in [-0.4, -0.2) is 15.6 Å². The van der Waals surface area contributed by atoms with Gasteiger partial charge >= 0.3 is 0 Å². The first-order valence-electron chi connectivity index (χ1n) is 7.56. The van der Waals surface area contributed by atoms with Crippen LogP contribution in [0.4, 0.5) is 15.8 Å². The first kappa shape index (κ1) is 16.2. The zero-order valence-electron chi connectivity index (χ0n) is 13.4. The fourth-order valence-corrected chi connectivity index (χ4v) is 3.20. The minimum absolute atomic E-state index is 0. The lowest BCUT2D eigenvalue weighted by atomic mass is 9.92. The molecule has 0 saturated carbocycles. The molecule has 0 bridgehead atoms. The van der Waals surface area contributed by atoms with Crippen LogP contribution in [0.25, 0.3) is 0 Å². The second-order valence-electron chi connectivity index (χ2n) is 5.99. The zero-order valence-corrected chi connectivity index (χ0v) is 13.4. The van der Waals surface area contributed by atoms with Crippen LogP contribution in [0.2, 0.25) is 0 Å². The summed E-state index contributed by atoms with van der Waals surface area (Å²) in [6.07, 6.45) is 2.36. The second kappa shape index (κ2) is 5.77. The molecule has 0 fully saturated rings. The Morgan fingerprint density at radius 1 is 1.25 bits per heavy atom. The molecule has 1 atom stereocenters. The number of aryl methyl sites for hydroxylation is 1. The highest BCUT2D eigenvalue weighted by Gasteiger charge is 2.39. The molecule has 4 N–H and O–H groups in total. The topological polar surface area (TPSA) is 83.1 Å². The van der Waals surface area contributed by atoms with Crippen LogP contribution in [0.1, 0.15) is 18.2 Å². The Balaban J connectivity index is 0.00000169. The average molecular weight is 330 g/mol. The highest BCUT2D eigenvalue weighted by atomic mass is 19.1. The van der Waals surface area contributed by atoms with Crippen LogP contribution < -0.4 is 15.6 Å². The number of aliphatic hydroxyl groups excluding tert-OH is 1. The number of aliphatic hydroxyl groups is 1. The van der Waals surface area contributed by atoms with E-state index in [1.54, 1.807) is 17.3 Å². The van der Waals surface area contributed by atoms with Gasteiger partial charge in [0.15, 0.2) is 0 Å². The van der Waals surface area contributed by atoms with Crippen molar-refractivity contribution in [2.75, 3.05) is 10.0 Å². The molecule has 0 saturated heterocycles. The molecule has 2 aromatic rings. The van der Waals surface area contributed by atoms with Crippen LogP contribution in [0.15, 0.2) is 48.1 Å². The third-order valence-electron chi connectivity index (χ3n) is 4.32. The largest absolute Gasteiger partial charge is 0.492 e. The van der Waals surface area contributed by atoms with Gasteiger partial charge < -0.3 is 10.6 Å². The van der Waals surface area contributed by atoms with E-state index in [4.69, 9.17) is 0 Å². The molecule has 6 nitrogen and oxygen atoms in total. The number of hydrogen-bond donors (Lipinski definition) is 2. The Kier molecular flexibility index (Phi) is 3.90. The van der Waals surface area contributed by atoms with Gasteiger partial charge in [0, 0.05) is 11.6 Å².